The molecular weight excluding hydrogens is 321 g/mol. The maximum Gasteiger partial charge on any atom is 0.460 e. The molecule has 0 saturated heterocycles. The van der Waals surface area contributed by atoms with E-state index in [0.29, 0.717) is 5.56 Å². The molecule has 124 valence electrons. The molecule has 2 N–H and O–H groups in total. The number of carbonyl (C=O) groups excluding carboxylic acids is 1. The molecule has 1 aromatic rings. The number of nitrogens with one attached hydrogen (secondary N) is 2. The fourth-order valence-corrected chi connectivity index (χ4v) is 1.57. The first kappa shape index (κ1) is 18.2. The van der Waals surface area contributed by atoms with Crippen molar-refractivity contribution in [1.82, 2.24) is 10.6 Å². The summed E-state index contributed by atoms with van der Waals surface area (Å²) >= 11 is 0. The van der Waals surface area contributed by atoms with E-state index in [4.69, 9.17) is 0 Å². The number of alkyl halides is 7. The highest BCUT2D eigenvalue weighted by molar-refractivity contribution is 5.86. The van der Waals surface area contributed by atoms with Gasteiger partial charge in [0.25, 0.3) is 5.91 Å². The van der Waals surface area contributed by atoms with Crippen molar-refractivity contribution in [1.29, 1.82) is 0 Å². The van der Waals surface area contributed by atoms with Gasteiger partial charge in [0, 0.05) is 0 Å². The maximum absolute atomic E-state index is 13.7. The molecule has 0 heterocycles. The van der Waals surface area contributed by atoms with E-state index in [1.807, 2.05) is 0 Å². The molecular formula is C12H11F7N2O. The molecule has 1 rings (SSSR count). The largest absolute Gasteiger partial charge is 0.460 e. The Morgan fingerprint density at radius 2 is 1.50 bits per heavy atom. The van der Waals surface area contributed by atoms with Crippen LogP contribution in [0.3, 0.4) is 0 Å². The molecule has 0 aliphatic carbocycles. The molecule has 0 radical (unpaired) electrons. The first-order valence-electron chi connectivity index (χ1n) is 5.84. The van der Waals surface area contributed by atoms with Crippen LogP contribution in [0.4, 0.5) is 30.7 Å². The molecule has 0 bridgehead atoms. The Labute approximate surface area is 120 Å². The third kappa shape index (κ3) is 4.33. The second-order valence-electron chi connectivity index (χ2n) is 4.38. The Morgan fingerprint density at radius 3 is 1.91 bits per heavy atom. The summed E-state index contributed by atoms with van der Waals surface area (Å²) in [5.74, 6) is -7.76. The predicted molar refractivity (Wildman–Crippen MR) is 62.1 cm³/mol. The van der Waals surface area contributed by atoms with Crippen molar-refractivity contribution in [2.24, 2.45) is 0 Å². The summed E-state index contributed by atoms with van der Waals surface area (Å²) in [7, 11) is 0. The fourth-order valence-electron chi connectivity index (χ4n) is 1.57. The molecule has 22 heavy (non-hydrogen) atoms. The summed E-state index contributed by atoms with van der Waals surface area (Å²) in [6.45, 7) is 1.21. The smallest absolute Gasteiger partial charge is 0.345 e. The van der Waals surface area contributed by atoms with Crippen molar-refractivity contribution < 1.29 is 35.5 Å². The van der Waals surface area contributed by atoms with Crippen LogP contribution in [0.1, 0.15) is 18.5 Å². The van der Waals surface area contributed by atoms with E-state index >= 15 is 0 Å². The van der Waals surface area contributed by atoms with Crippen LogP contribution in [0.15, 0.2) is 30.3 Å². The number of carbonyl (C=O) groups is 1. The van der Waals surface area contributed by atoms with E-state index in [1.54, 1.807) is 11.4 Å². The van der Waals surface area contributed by atoms with Gasteiger partial charge in [0.1, 0.15) is 0 Å². The molecule has 3 nitrogen and oxygen atoms in total. The first-order chi connectivity index (χ1) is 9.87. The average Bonchev–Trinajstić information content (AvgIpc) is 2.36. The third-order valence-electron chi connectivity index (χ3n) is 2.66. The zero-order valence-electron chi connectivity index (χ0n) is 11.0. The number of halogens is 7. The van der Waals surface area contributed by atoms with Crippen LogP contribution in [-0.2, 0) is 4.79 Å². The molecule has 0 unspecified atom stereocenters. The summed E-state index contributed by atoms with van der Waals surface area (Å²) in [5.41, 5.74) is 0.299. The summed E-state index contributed by atoms with van der Waals surface area (Å²) in [4.78, 5) is 11.4. The number of hydrogen-bond donors (Lipinski definition) is 2. The normalized spacial score (nSPS) is 16.7. The lowest BCUT2D eigenvalue weighted by atomic mass is 10.1. The number of rotatable bonds is 4. The van der Waals surface area contributed by atoms with Gasteiger partial charge in [-0.15, -0.1) is 0 Å². The molecule has 0 aliphatic heterocycles. The molecule has 10 heteroatoms. The topological polar surface area (TPSA) is 41.1 Å². The van der Waals surface area contributed by atoms with Crippen molar-refractivity contribution in [2.75, 3.05) is 0 Å². The number of amides is 1. The highest BCUT2D eigenvalue weighted by Gasteiger charge is 2.66. The van der Waals surface area contributed by atoms with E-state index in [2.05, 4.69) is 0 Å². The van der Waals surface area contributed by atoms with Crippen LogP contribution in [0.2, 0.25) is 0 Å². The summed E-state index contributed by atoms with van der Waals surface area (Å²) < 4.78 is 87.5. The van der Waals surface area contributed by atoms with Crippen LogP contribution in [0, 0.1) is 0 Å². The van der Waals surface area contributed by atoms with Crippen molar-refractivity contribution in [3.8, 4) is 0 Å². The Balaban J connectivity index is 2.99. The fraction of sp³-hybridized carbons (Fsp3) is 0.417. The van der Waals surface area contributed by atoms with E-state index < -0.39 is 30.2 Å². The zero-order valence-corrected chi connectivity index (χ0v) is 11.0. The molecule has 0 aromatic heterocycles. The monoisotopic (exact) mass is 332 g/mol. The Kier molecular flexibility index (Phi) is 5.06. The lowest BCUT2D eigenvalue weighted by molar-refractivity contribution is -0.279. The van der Waals surface area contributed by atoms with E-state index in [-0.39, 0.29) is 5.32 Å². The Morgan fingerprint density at radius 1 is 1.00 bits per heavy atom. The maximum atomic E-state index is 13.7. The minimum absolute atomic E-state index is 0.275. The van der Waals surface area contributed by atoms with Crippen LogP contribution in [0.25, 0.3) is 0 Å². The van der Waals surface area contributed by atoms with Gasteiger partial charge in [0.05, 0.1) is 6.04 Å². The Hall–Kier alpha value is -1.84. The molecule has 0 spiro atoms. The molecule has 1 aromatic carbocycles. The van der Waals surface area contributed by atoms with Crippen LogP contribution in [0.5, 0.6) is 0 Å². The van der Waals surface area contributed by atoms with Gasteiger partial charge in [-0.1, -0.05) is 30.3 Å². The van der Waals surface area contributed by atoms with Gasteiger partial charge in [-0.3, -0.25) is 4.79 Å². The quantitative estimate of drug-likeness (QED) is 0.657. The number of hydrogen-bond acceptors (Lipinski definition) is 2. The van der Waals surface area contributed by atoms with Gasteiger partial charge in [0.2, 0.25) is 0 Å². The summed E-state index contributed by atoms with van der Waals surface area (Å²) in [6, 6.07) is 6.28. The van der Waals surface area contributed by atoms with Crippen molar-refractivity contribution in [2.45, 2.75) is 31.2 Å². The SMILES string of the molecule is C[C@H](NC(=O)[C@](F)(NC(F)(F)F)C(F)(F)F)c1ccccc1. The van der Waals surface area contributed by atoms with Crippen molar-refractivity contribution in [3.63, 3.8) is 0 Å². The predicted octanol–water partition coefficient (Wildman–Crippen LogP) is 3.20. The highest BCUT2D eigenvalue weighted by atomic mass is 19.4. The number of benzene rings is 1. The average molecular weight is 332 g/mol. The van der Waals surface area contributed by atoms with Crippen LogP contribution >= 0.6 is 0 Å². The highest BCUT2D eigenvalue weighted by Crippen LogP contribution is 2.35. The summed E-state index contributed by atoms with van der Waals surface area (Å²) in [5, 5.41) is 1.29. The van der Waals surface area contributed by atoms with Gasteiger partial charge >= 0.3 is 18.3 Å². The third-order valence-corrected chi connectivity index (χ3v) is 2.66. The minimum atomic E-state index is -6.09. The van der Waals surface area contributed by atoms with Crippen LogP contribution < -0.4 is 10.6 Å². The molecule has 1 amide bonds. The van der Waals surface area contributed by atoms with Gasteiger partial charge in [-0.25, -0.2) is 4.39 Å². The minimum Gasteiger partial charge on any atom is -0.345 e. The lowest BCUT2D eigenvalue weighted by Crippen LogP contribution is -2.66. The van der Waals surface area contributed by atoms with Gasteiger partial charge in [-0.2, -0.15) is 31.7 Å². The van der Waals surface area contributed by atoms with E-state index in [1.165, 1.54) is 31.2 Å². The first-order valence-corrected chi connectivity index (χ1v) is 5.84. The van der Waals surface area contributed by atoms with Gasteiger partial charge in [-0.05, 0) is 12.5 Å². The van der Waals surface area contributed by atoms with Gasteiger partial charge < -0.3 is 5.32 Å². The van der Waals surface area contributed by atoms with E-state index in [9.17, 15) is 35.5 Å². The second kappa shape index (κ2) is 6.11. The Bertz CT molecular complexity index is 514. The van der Waals surface area contributed by atoms with Crippen LogP contribution in [-0.4, -0.2) is 24.2 Å². The standard InChI is InChI=1S/C12H11F7N2O/c1-7(8-5-3-2-4-6-8)20-9(22)10(13,11(14,15)16)21-12(17,18)19/h2-7,21H,1H3,(H,20,22)/t7-,10-/m0/s1. The van der Waals surface area contributed by atoms with Crippen molar-refractivity contribution >= 4 is 5.91 Å². The van der Waals surface area contributed by atoms with E-state index in [0.717, 1.165) is 0 Å². The molecule has 0 saturated carbocycles. The second-order valence-corrected chi connectivity index (χ2v) is 4.38. The van der Waals surface area contributed by atoms with Crippen molar-refractivity contribution in [3.05, 3.63) is 35.9 Å². The summed E-state index contributed by atoms with van der Waals surface area (Å²) in [6.07, 6.45) is -11.8. The zero-order chi connectivity index (χ0) is 17.2. The van der Waals surface area contributed by atoms with Gasteiger partial charge in [0.15, 0.2) is 0 Å². The molecule has 2 atom stereocenters. The lowest BCUT2D eigenvalue weighted by Gasteiger charge is -2.29. The molecule has 0 aliphatic rings. The molecule has 0 fully saturated rings.